The normalized spacial score (nSPS) is 14.7. The number of halogens is 1. The summed E-state index contributed by atoms with van der Waals surface area (Å²) in [4.78, 5) is 24.4. The standard InChI is InChI=1S/C19H19FN2O2/c20-15-10-8-14(9-11-15)18(13-6-7-13)19(24)21-12-17(23)22-16-4-2-1-3-5-16/h1-5,8-11,13,18H,6-7,12H2,(H,21,24)(H,22,23). The lowest BCUT2D eigenvalue weighted by molar-refractivity contribution is -0.125. The number of nitrogens with one attached hydrogen (secondary N) is 2. The third kappa shape index (κ3) is 4.19. The Bertz CT molecular complexity index is 712. The zero-order chi connectivity index (χ0) is 16.9. The Kier molecular flexibility index (Phi) is 4.89. The van der Waals surface area contributed by atoms with Crippen LogP contribution in [0.1, 0.15) is 24.3 Å². The van der Waals surface area contributed by atoms with E-state index >= 15 is 0 Å². The van der Waals surface area contributed by atoms with Crippen LogP contribution in [0.3, 0.4) is 0 Å². The van der Waals surface area contributed by atoms with E-state index in [1.165, 1.54) is 12.1 Å². The average Bonchev–Trinajstić information content (AvgIpc) is 3.41. The fourth-order valence-corrected chi connectivity index (χ4v) is 2.74. The molecule has 1 saturated carbocycles. The Morgan fingerprint density at radius 3 is 2.33 bits per heavy atom. The third-order valence-corrected chi connectivity index (χ3v) is 4.09. The van der Waals surface area contributed by atoms with Crippen molar-refractivity contribution in [3.05, 3.63) is 66.0 Å². The van der Waals surface area contributed by atoms with Crippen molar-refractivity contribution in [3.8, 4) is 0 Å². The Balaban J connectivity index is 1.58. The summed E-state index contributed by atoms with van der Waals surface area (Å²) in [5.74, 6) is -0.839. The zero-order valence-electron chi connectivity index (χ0n) is 13.2. The highest BCUT2D eigenvalue weighted by molar-refractivity contribution is 5.95. The van der Waals surface area contributed by atoms with Crippen LogP contribution in [0.2, 0.25) is 0 Å². The first-order valence-electron chi connectivity index (χ1n) is 8.01. The van der Waals surface area contributed by atoms with Crippen LogP contribution in [0.5, 0.6) is 0 Å². The summed E-state index contributed by atoms with van der Waals surface area (Å²) in [5.41, 5.74) is 1.48. The van der Waals surface area contributed by atoms with Gasteiger partial charge in [-0.2, -0.15) is 0 Å². The molecule has 2 amide bonds. The Morgan fingerprint density at radius 2 is 1.71 bits per heavy atom. The van der Waals surface area contributed by atoms with Gasteiger partial charge in [-0.3, -0.25) is 9.59 Å². The first kappa shape index (κ1) is 16.2. The summed E-state index contributed by atoms with van der Waals surface area (Å²) in [6.07, 6.45) is 1.96. The zero-order valence-corrected chi connectivity index (χ0v) is 13.2. The predicted molar refractivity (Wildman–Crippen MR) is 89.9 cm³/mol. The molecule has 1 aliphatic carbocycles. The molecule has 0 aromatic heterocycles. The van der Waals surface area contributed by atoms with Crippen molar-refractivity contribution < 1.29 is 14.0 Å². The SMILES string of the molecule is O=C(CNC(=O)C(c1ccc(F)cc1)C1CC1)Nc1ccccc1. The molecule has 1 aliphatic rings. The molecule has 1 atom stereocenters. The molecule has 2 N–H and O–H groups in total. The van der Waals surface area contributed by atoms with Crippen molar-refractivity contribution in [2.75, 3.05) is 11.9 Å². The van der Waals surface area contributed by atoms with Crippen molar-refractivity contribution in [1.29, 1.82) is 0 Å². The number of anilines is 1. The maximum atomic E-state index is 13.1. The molecule has 5 heteroatoms. The first-order chi connectivity index (χ1) is 11.6. The van der Waals surface area contributed by atoms with Crippen molar-refractivity contribution in [2.24, 2.45) is 5.92 Å². The van der Waals surface area contributed by atoms with Crippen LogP contribution in [-0.2, 0) is 9.59 Å². The van der Waals surface area contributed by atoms with E-state index in [0.29, 0.717) is 5.69 Å². The van der Waals surface area contributed by atoms with Crippen LogP contribution >= 0.6 is 0 Å². The molecule has 3 rings (SSSR count). The van der Waals surface area contributed by atoms with E-state index < -0.39 is 0 Å². The lowest BCUT2D eigenvalue weighted by Crippen LogP contribution is -2.36. The van der Waals surface area contributed by atoms with E-state index in [0.717, 1.165) is 18.4 Å². The second kappa shape index (κ2) is 7.25. The summed E-state index contributed by atoms with van der Waals surface area (Å²) >= 11 is 0. The van der Waals surface area contributed by atoms with Gasteiger partial charge in [0.1, 0.15) is 5.82 Å². The van der Waals surface area contributed by atoms with Gasteiger partial charge >= 0.3 is 0 Å². The fraction of sp³-hybridized carbons (Fsp3) is 0.263. The summed E-state index contributed by atoms with van der Waals surface area (Å²) in [5, 5.41) is 5.42. The van der Waals surface area contributed by atoms with E-state index in [2.05, 4.69) is 10.6 Å². The van der Waals surface area contributed by atoms with Crippen molar-refractivity contribution in [1.82, 2.24) is 5.32 Å². The van der Waals surface area contributed by atoms with Gasteiger partial charge in [0.2, 0.25) is 11.8 Å². The highest BCUT2D eigenvalue weighted by atomic mass is 19.1. The van der Waals surface area contributed by atoms with Crippen LogP contribution in [0.25, 0.3) is 0 Å². The molecular weight excluding hydrogens is 307 g/mol. The number of carbonyl (C=O) groups excluding carboxylic acids is 2. The number of amides is 2. The van der Waals surface area contributed by atoms with Gasteiger partial charge < -0.3 is 10.6 Å². The number of hydrogen-bond donors (Lipinski definition) is 2. The van der Waals surface area contributed by atoms with E-state index in [4.69, 9.17) is 0 Å². The minimum absolute atomic E-state index is 0.0852. The van der Waals surface area contributed by atoms with Crippen LogP contribution in [0.15, 0.2) is 54.6 Å². The van der Waals surface area contributed by atoms with Gasteiger partial charge in [0, 0.05) is 5.69 Å². The van der Waals surface area contributed by atoms with Gasteiger partial charge in [-0.1, -0.05) is 30.3 Å². The molecule has 0 saturated heterocycles. The molecule has 2 aromatic carbocycles. The summed E-state index contributed by atoms with van der Waals surface area (Å²) < 4.78 is 13.1. The van der Waals surface area contributed by atoms with Gasteiger partial charge in [0.25, 0.3) is 0 Å². The predicted octanol–water partition coefficient (Wildman–Crippen LogP) is 3.07. The molecule has 0 bridgehead atoms. The smallest absolute Gasteiger partial charge is 0.243 e. The molecule has 0 heterocycles. The lowest BCUT2D eigenvalue weighted by Gasteiger charge is -2.16. The van der Waals surface area contributed by atoms with Gasteiger partial charge in [-0.25, -0.2) is 4.39 Å². The molecule has 1 fully saturated rings. The summed E-state index contributed by atoms with van der Waals surface area (Å²) in [7, 11) is 0. The van der Waals surface area contributed by atoms with E-state index in [1.54, 1.807) is 24.3 Å². The Labute approximate surface area is 140 Å². The summed E-state index contributed by atoms with van der Waals surface area (Å²) in [6, 6.07) is 15.1. The largest absolute Gasteiger partial charge is 0.346 e. The molecule has 0 aliphatic heterocycles. The average molecular weight is 326 g/mol. The van der Waals surface area contributed by atoms with Crippen LogP contribution in [-0.4, -0.2) is 18.4 Å². The Morgan fingerprint density at radius 1 is 1.04 bits per heavy atom. The fourth-order valence-electron chi connectivity index (χ4n) is 2.74. The van der Waals surface area contributed by atoms with Gasteiger partial charge in [0.15, 0.2) is 0 Å². The Hall–Kier alpha value is -2.69. The first-order valence-corrected chi connectivity index (χ1v) is 8.01. The van der Waals surface area contributed by atoms with Crippen LogP contribution in [0.4, 0.5) is 10.1 Å². The number of carbonyl (C=O) groups is 2. The molecule has 0 radical (unpaired) electrons. The van der Waals surface area contributed by atoms with Crippen molar-refractivity contribution >= 4 is 17.5 Å². The molecule has 2 aromatic rings. The van der Waals surface area contributed by atoms with Gasteiger partial charge in [-0.15, -0.1) is 0 Å². The highest BCUT2D eigenvalue weighted by Gasteiger charge is 2.37. The molecule has 124 valence electrons. The van der Waals surface area contributed by atoms with Gasteiger partial charge in [0.05, 0.1) is 12.5 Å². The second-order valence-electron chi connectivity index (χ2n) is 6.00. The topological polar surface area (TPSA) is 58.2 Å². The van der Waals surface area contributed by atoms with Gasteiger partial charge in [-0.05, 0) is 48.6 Å². The lowest BCUT2D eigenvalue weighted by atomic mass is 9.93. The van der Waals surface area contributed by atoms with E-state index in [-0.39, 0.29) is 36.0 Å². The molecule has 1 unspecified atom stereocenters. The van der Waals surface area contributed by atoms with E-state index in [1.807, 2.05) is 18.2 Å². The van der Waals surface area contributed by atoms with Crippen LogP contribution < -0.4 is 10.6 Å². The number of benzene rings is 2. The quantitative estimate of drug-likeness (QED) is 0.857. The highest BCUT2D eigenvalue weighted by Crippen LogP contribution is 2.42. The number of para-hydroxylation sites is 1. The van der Waals surface area contributed by atoms with Crippen molar-refractivity contribution in [2.45, 2.75) is 18.8 Å². The third-order valence-electron chi connectivity index (χ3n) is 4.09. The minimum Gasteiger partial charge on any atom is -0.346 e. The monoisotopic (exact) mass is 326 g/mol. The maximum Gasteiger partial charge on any atom is 0.243 e. The minimum atomic E-state index is -0.324. The van der Waals surface area contributed by atoms with E-state index in [9.17, 15) is 14.0 Å². The van der Waals surface area contributed by atoms with Crippen LogP contribution in [0, 0.1) is 11.7 Å². The summed E-state index contributed by atoms with van der Waals surface area (Å²) in [6.45, 7) is -0.0852. The van der Waals surface area contributed by atoms with Crippen molar-refractivity contribution in [3.63, 3.8) is 0 Å². The second-order valence-corrected chi connectivity index (χ2v) is 6.00. The molecule has 0 spiro atoms. The molecular formula is C19H19FN2O2. The number of hydrogen-bond acceptors (Lipinski definition) is 2. The molecule has 24 heavy (non-hydrogen) atoms. The molecule has 4 nitrogen and oxygen atoms in total. The maximum absolute atomic E-state index is 13.1. The number of rotatable bonds is 6.